The Morgan fingerprint density at radius 1 is 1.28 bits per heavy atom. The quantitative estimate of drug-likeness (QED) is 0.535. The number of ether oxygens (including phenoxy) is 1. The molecule has 0 aliphatic heterocycles. The molecule has 0 heterocycles. The number of aliphatic hydroxyl groups is 1. The highest BCUT2D eigenvalue weighted by Crippen LogP contribution is 2.27. The van der Waals surface area contributed by atoms with Crippen LogP contribution < -0.4 is 0 Å². The number of hydrogen-bond donors (Lipinski definition) is 1. The molecule has 0 radical (unpaired) electrons. The summed E-state index contributed by atoms with van der Waals surface area (Å²) in [5.74, 6) is 0.847. The van der Waals surface area contributed by atoms with Crippen molar-refractivity contribution in [2.24, 2.45) is 11.8 Å². The molecule has 0 spiro atoms. The van der Waals surface area contributed by atoms with E-state index in [1.165, 1.54) is 38.5 Å². The molecule has 1 atom stereocenters. The van der Waals surface area contributed by atoms with E-state index in [2.05, 4.69) is 0 Å². The van der Waals surface area contributed by atoms with Crippen LogP contribution in [0.25, 0.3) is 0 Å². The van der Waals surface area contributed by atoms with Gasteiger partial charge in [-0.2, -0.15) is 0 Å². The first kappa shape index (κ1) is 15.5. The summed E-state index contributed by atoms with van der Waals surface area (Å²) in [7, 11) is 0. The largest absolute Gasteiger partial charge is 0.465 e. The van der Waals surface area contributed by atoms with E-state index >= 15 is 0 Å². The van der Waals surface area contributed by atoms with Crippen molar-refractivity contribution in [3.05, 3.63) is 0 Å². The molecule has 18 heavy (non-hydrogen) atoms. The first-order valence-electron chi connectivity index (χ1n) is 7.49. The molecule has 3 heteroatoms. The highest BCUT2D eigenvalue weighted by molar-refractivity contribution is 5.69. The molecule has 1 aliphatic carbocycles. The standard InChI is InChI=1S/C15H28O3/c1-13(11-16)12-18-15(17)10-6-5-9-14-7-3-2-4-8-14/h13-14,16H,2-12H2,1H3. The number of esters is 1. The number of carbonyl (C=O) groups excluding carboxylic acids is 1. The van der Waals surface area contributed by atoms with Crippen molar-refractivity contribution < 1.29 is 14.6 Å². The Morgan fingerprint density at radius 2 is 2.00 bits per heavy atom. The molecular weight excluding hydrogens is 228 g/mol. The summed E-state index contributed by atoms with van der Waals surface area (Å²) in [5, 5.41) is 8.81. The monoisotopic (exact) mass is 256 g/mol. The summed E-state index contributed by atoms with van der Waals surface area (Å²) in [6, 6.07) is 0. The van der Waals surface area contributed by atoms with E-state index in [0.29, 0.717) is 13.0 Å². The van der Waals surface area contributed by atoms with Crippen LogP contribution in [-0.2, 0) is 9.53 Å². The Hall–Kier alpha value is -0.570. The maximum absolute atomic E-state index is 11.4. The van der Waals surface area contributed by atoms with Gasteiger partial charge in [-0.05, 0) is 12.3 Å². The van der Waals surface area contributed by atoms with Gasteiger partial charge in [0.1, 0.15) is 0 Å². The van der Waals surface area contributed by atoms with Crippen LogP contribution in [0.3, 0.4) is 0 Å². The maximum atomic E-state index is 11.4. The van der Waals surface area contributed by atoms with Gasteiger partial charge < -0.3 is 9.84 Å². The highest BCUT2D eigenvalue weighted by Gasteiger charge is 2.13. The summed E-state index contributed by atoms with van der Waals surface area (Å²) < 4.78 is 5.09. The summed E-state index contributed by atoms with van der Waals surface area (Å²) in [4.78, 5) is 11.4. The van der Waals surface area contributed by atoms with Gasteiger partial charge >= 0.3 is 5.97 Å². The molecule has 1 saturated carbocycles. The molecule has 1 aliphatic rings. The minimum atomic E-state index is -0.112. The maximum Gasteiger partial charge on any atom is 0.305 e. The van der Waals surface area contributed by atoms with Crippen LogP contribution in [0.4, 0.5) is 0 Å². The second kappa shape index (κ2) is 9.37. The van der Waals surface area contributed by atoms with Crippen molar-refractivity contribution in [1.29, 1.82) is 0 Å². The third kappa shape index (κ3) is 7.00. The topological polar surface area (TPSA) is 46.5 Å². The fraction of sp³-hybridized carbons (Fsp3) is 0.933. The Bertz CT molecular complexity index is 222. The van der Waals surface area contributed by atoms with Crippen LogP contribution in [0.2, 0.25) is 0 Å². The van der Waals surface area contributed by atoms with E-state index in [1.54, 1.807) is 0 Å². The molecule has 1 N–H and O–H groups in total. The predicted molar refractivity (Wildman–Crippen MR) is 72.3 cm³/mol. The second-order valence-electron chi connectivity index (χ2n) is 5.72. The smallest absolute Gasteiger partial charge is 0.305 e. The van der Waals surface area contributed by atoms with Gasteiger partial charge in [-0.3, -0.25) is 4.79 Å². The zero-order chi connectivity index (χ0) is 13.2. The van der Waals surface area contributed by atoms with Crippen LogP contribution in [0.1, 0.15) is 64.7 Å². The molecule has 1 fully saturated rings. The van der Waals surface area contributed by atoms with Crippen LogP contribution >= 0.6 is 0 Å². The summed E-state index contributed by atoms with van der Waals surface area (Å²) in [6.07, 6.45) is 10.9. The summed E-state index contributed by atoms with van der Waals surface area (Å²) >= 11 is 0. The lowest BCUT2D eigenvalue weighted by Crippen LogP contribution is -2.14. The van der Waals surface area contributed by atoms with Gasteiger partial charge in [0.25, 0.3) is 0 Å². The van der Waals surface area contributed by atoms with Gasteiger partial charge in [0.2, 0.25) is 0 Å². The molecule has 106 valence electrons. The summed E-state index contributed by atoms with van der Waals surface area (Å²) in [6.45, 7) is 2.29. The Balaban J connectivity index is 1.94. The minimum Gasteiger partial charge on any atom is -0.465 e. The predicted octanol–water partition coefficient (Wildman–Crippen LogP) is 3.30. The van der Waals surface area contributed by atoms with E-state index in [-0.39, 0.29) is 18.5 Å². The number of carbonyl (C=O) groups is 1. The number of aliphatic hydroxyl groups excluding tert-OH is 1. The third-order valence-corrected chi connectivity index (χ3v) is 3.81. The average molecular weight is 256 g/mol. The second-order valence-corrected chi connectivity index (χ2v) is 5.72. The summed E-state index contributed by atoms with van der Waals surface area (Å²) in [5.41, 5.74) is 0. The van der Waals surface area contributed by atoms with Gasteiger partial charge in [0, 0.05) is 18.9 Å². The average Bonchev–Trinajstić information content (AvgIpc) is 2.42. The lowest BCUT2D eigenvalue weighted by molar-refractivity contribution is -0.145. The van der Waals surface area contributed by atoms with Crippen LogP contribution in [0.15, 0.2) is 0 Å². The lowest BCUT2D eigenvalue weighted by atomic mass is 9.86. The highest BCUT2D eigenvalue weighted by atomic mass is 16.5. The first-order chi connectivity index (χ1) is 8.72. The van der Waals surface area contributed by atoms with Gasteiger partial charge in [-0.1, -0.05) is 51.9 Å². The zero-order valence-electron chi connectivity index (χ0n) is 11.7. The Kier molecular flexibility index (Phi) is 8.06. The van der Waals surface area contributed by atoms with E-state index in [1.807, 2.05) is 6.92 Å². The van der Waals surface area contributed by atoms with Crippen molar-refractivity contribution in [2.75, 3.05) is 13.2 Å². The Labute approximate surface area is 111 Å². The fourth-order valence-electron chi connectivity index (χ4n) is 2.54. The molecule has 0 aromatic carbocycles. The lowest BCUT2D eigenvalue weighted by Gasteiger charge is -2.21. The van der Waals surface area contributed by atoms with Gasteiger partial charge in [0.15, 0.2) is 0 Å². The fourth-order valence-corrected chi connectivity index (χ4v) is 2.54. The van der Waals surface area contributed by atoms with Crippen LogP contribution in [0.5, 0.6) is 0 Å². The van der Waals surface area contributed by atoms with Crippen molar-refractivity contribution in [3.8, 4) is 0 Å². The number of unbranched alkanes of at least 4 members (excludes halogenated alkanes) is 1. The molecule has 0 aromatic heterocycles. The molecule has 0 bridgehead atoms. The van der Waals surface area contributed by atoms with Crippen molar-refractivity contribution in [1.82, 2.24) is 0 Å². The van der Waals surface area contributed by atoms with Gasteiger partial charge in [-0.25, -0.2) is 0 Å². The van der Waals surface area contributed by atoms with E-state index < -0.39 is 0 Å². The SMILES string of the molecule is CC(CO)COC(=O)CCCCC1CCCCC1. The molecule has 0 amide bonds. The van der Waals surface area contributed by atoms with Crippen molar-refractivity contribution in [3.63, 3.8) is 0 Å². The molecule has 1 rings (SSSR count). The van der Waals surface area contributed by atoms with E-state index in [0.717, 1.165) is 18.8 Å². The van der Waals surface area contributed by atoms with E-state index in [9.17, 15) is 4.79 Å². The molecule has 0 saturated heterocycles. The normalized spacial score (nSPS) is 18.6. The first-order valence-corrected chi connectivity index (χ1v) is 7.49. The molecular formula is C15H28O3. The molecule has 1 unspecified atom stereocenters. The third-order valence-electron chi connectivity index (χ3n) is 3.81. The van der Waals surface area contributed by atoms with Crippen LogP contribution in [0, 0.1) is 11.8 Å². The van der Waals surface area contributed by atoms with Crippen LogP contribution in [-0.4, -0.2) is 24.3 Å². The zero-order valence-corrected chi connectivity index (χ0v) is 11.7. The van der Waals surface area contributed by atoms with Gasteiger partial charge in [0.05, 0.1) is 6.61 Å². The molecule has 0 aromatic rings. The van der Waals surface area contributed by atoms with Gasteiger partial charge in [-0.15, -0.1) is 0 Å². The Morgan fingerprint density at radius 3 is 2.67 bits per heavy atom. The van der Waals surface area contributed by atoms with Crippen molar-refractivity contribution in [2.45, 2.75) is 64.7 Å². The number of hydrogen-bond acceptors (Lipinski definition) is 3. The van der Waals surface area contributed by atoms with Crippen molar-refractivity contribution >= 4 is 5.97 Å². The molecule has 3 nitrogen and oxygen atoms in total. The number of rotatable bonds is 8. The van der Waals surface area contributed by atoms with E-state index in [4.69, 9.17) is 9.84 Å². The minimum absolute atomic E-state index is 0.0520.